The third-order valence-electron chi connectivity index (χ3n) is 3.15. The zero-order valence-electron chi connectivity index (χ0n) is 16.8. The van der Waals surface area contributed by atoms with E-state index in [2.05, 4.69) is 20.3 Å². The van der Waals surface area contributed by atoms with Gasteiger partial charge in [-0.3, -0.25) is 0 Å². The maximum atomic E-state index is 11.0. The van der Waals surface area contributed by atoms with E-state index in [1.54, 1.807) is 0 Å². The van der Waals surface area contributed by atoms with Gasteiger partial charge in [0.2, 0.25) is 10.0 Å². The van der Waals surface area contributed by atoms with Gasteiger partial charge in [0.25, 0.3) is 0 Å². The molecule has 156 valence electrons. The van der Waals surface area contributed by atoms with Gasteiger partial charge in [0.15, 0.2) is 5.96 Å². The van der Waals surface area contributed by atoms with Gasteiger partial charge in [-0.2, -0.15) is 0 Å². The minimum Gasteiger partial charge on any atom is -0.488 e. The Morgan fingerprint density at radius 2 is 1.81 bits per heavy atom. The lowest BCUT2D eigenvalue weighted by Crippen LogP contribution is -2.38. The molecule has 1 rings (SSSR count). The predicted octanol–water partition coefficient (Wildman–Crippen LogP) is 2.48. The average molecular weight is 512 g/mol. The number of para-hydroxylation sites is 1. The Hall–Kier alpha value is -1.07. The SMILES string of the molecule is CCNC(=NCc1ccccc1OC(C)(C)C)NCCCNS(C)(=O)=O.I. The molecule has 27 heavy (non-hydrogen) atoms. The molecule has 0 aliphatic rings. The van der Waals surface area contributed by atoms with E-state index in [1.165, 1.54) is 0 Å². The van der Waals surface area contributed by atoms with Gasteiger partial charge in [-0.25, -0.2) is 18.1 Å². The van der Waals surface area contributed by atoms with E-state index in [9.17, 15) is 8.42 Å². The second kappa shape index (κ2) is 12.4. The van der Waals surface area contributed by atoms with Gasteiger partial charge >= 0.3 is 0 Å². The van der Waals surface area contributed by atoms with E-state index in [1.807, 2.05) is 52.0 Å². The Kier molecular flexibility index (Phi) is 11.9. The summed E-state index contributed by atoms with van der Waals surface area (Å²) in [7, 11) is -3.14. The van der Waals surface area contributed by atoms with Crippen molar-refractivity contribution in [3.63, 3.8) is 0 Å². The van der Waals surface area contributed by atoms with E-state index in [4.69, 9.17) is 4.74 Å². The van der Waals surface area contributed by atoms with Crippen LogP contribution in [0.15, 0.2) is 29.3 Å². The first-order valence-corrected chi connectivity index (χ1v) is 10.7. The fourth-order valence-electron chi connectivity index (χ4n) is 2.12. The van der Waals surface area contributed by atoms with Crippen molar-refractivity contribution in [2.45, 2.75) is 46.3 Å². The number of nitrogens with one attached hydrogen (secondary N) is 3. The molecule has 0 fully saturated rings. The molecule has 0 heterocycles. The third-order valence-corrected chi connectivity index (χ3v) is 3.88. The van der Waals surface area contributed by atoms with E-state index in [0.29, 0.717) is 32.0 Å². The average Bonchev–Trinajstić information content (AvgIpc) is 2.51. The molecule has 9 heteroatoms. The van der Waals surface area contributed by atoms with Crippen LogP contribution in [-0.2, 0) is 16.6 Å². The molecule has 0 aliphatic heterocycles. The molecule has 0 amide bonds. The number of rotatable bonds is 9. The predicted molar refractivity (Wildman–Crippen MR) is 123 cm³/mol. The van der Waals surface area contributed by atoms with E-state index >= 15 is 0 Å². The normalized spacial score (nSPS) is 12.3. The fraction of sp³-hybridized carbons (Fsp3) is 0.611. The molecule has 1 aromatic carbocycles. The second-order valence-electron chi connectivity index (χ2n) is 6.96. The highest BCUT2D eigenvalue weighted by Gasteiger charge is 2.14. The van der Waals surface area contributed by atoms with Crippen molar-refractivity contribution >= 4 is 40.0 Å². The van der Waals surface area contributed by atoms with E-state index < -0.39 is 10.0 Å². The summed E-state index contributed by atoms with van der Waals surface area (Å²) < 4.78 is 30.5. The molecule has 7 nitrogen and oxygen atoms in total. The first kappa shape index (κ1) is 25.9. The number of benzene rings is 1. The number of ether oxygens (including phenoxy) is 1. The van der Waals surface area contributed by atoms with Crippen molar-refractivity contribution in [2.24, 2.45) is 4.99 Å². The summed E-state index contributed by atoms with van der Waals surface area (Å²) in [6, 6.07) is 7.88. The fourth-order valence-corrected chi connectivity index (χ4v) is 2.64. The van der Waals surface area contributed by atoms with Gasteiger partial charge in [0.1, 0.15) is 11.4 Å². The number of aliphatic imine (C=N–C) groups is 1. The van der Waals surface area contributed by atoms with Gasteiger partial charge in [0, 0.05) is 25.2 Å². The number of guanidine groups is 1. The summed E-state index contributed by atoms with van der Waals surface area (Å²) in [5.74, 6) is 1.52. The van der Waals surface area contributed by atoms with Crippen LogP contribution in [0.1, 0.15) is 39.7 Å². The lowest BCUT2D eigenvalue weighted by atomic mass is 10.1. The molecule has 0 saturated heterocycles. The van der Waals surface area contributed by atoms with E-state index in [0.717, 1.165) is 24.1 Å². The van der Waals surface area contributed by atoms with Crippen LogP contribution in [0.4, 0.5) is 0 Å². The van der Waals surface area contributed by atoms with Crippen molar-refractivity contribution in [2.75, 3.05) is 25.9 Å². The first-order chi connectivity index (χ1) is 12.1. The molecule has 0 aliphatic carbocycles. The molecule has 0 atom stereocenters. The smallest absolute Gasteiger partial charge is 0.208 e. The summed E-state index contributed by atoms with van der Waals surface area (Å²) in [4.78, 5) is 4.60. The highest BCUT2D eigenvalue weighted by molar-refractivity contribution is 14.0. The molecule has 0 bridgehead atoms. The van der Waals surface area contributed by atoms with Gasteiger partial charge in [-0.1, -0.05) is 18.2 Å². The lowest BCUT2D eigenvalue weighted by molar-refractivity contribution is 0.129. The topological polar surface area (TPSA) is 91.8 Å². The van der Waals surface area contributed by atoms with Gasteiger partial charge in [-0.15, -0.1) is 24.0 Å². The van der Waals surface area contributed by atoms with Gasteiger partial charge in [-0.05, 0) is 40.2 Å². The molecule has 0 spiro atoms. The zero-order valence-corrected chi connectivity index (χ0v) is 20.0. The van der Waals surface area contributed by atoms with Crippen molar-refractivity contribution in [3.05, 3.63) is 29.8 Å². The van der Waals surface area contributed by atoms with E-state index in [-0.39, 0.29) is 29.6 Å². The van der Waals surface area contributed by atoms with Crippen molar-refractivity contribution in [1.82, 2.24) is 15.4 Å². The number of hydrogen-bond acceptors (Lipinski definition) is 4. The Morgan fingerprint density at radius 3 is 2.41 bits per heavy atom. The Labute approximate surface area is 180 Å². The van der Waals surface area contributed by atoms with Crippen LogP contribution in [0.2, 0.25) is 0 Å². The zero-order chi connectivity index (χ0) is 19.6. The highest BCUT2D eigenvalue weighted by atomic mass is 127. The van der Waals surface area contributed by atoms with Crippen molar-refractivity contribution in [1.29, 1.82) is 0 Å². The minimum atomic E-state index is -3.14. The maximum Gasteiger partial charge on any atom is 0.208 e. The molecule has 0 unspecified atom stereocenters. The lowest BCUT2D eigenvalue weighted by Gasteiger charge is -2.23. The molecular formula is C18H33IN4O3S. The van der Waals surface area contributed by atoms with Crippen LogP contribution in [-0.4, -0.2) is 45.9 Å². The number of hydrogen-bond donors (Lipinski definition) is 3. The van der Waals surface area contributed by atoms with Crippen molar-refractivity contribution in [3.8, 4) is 5.75 Å². The minimum absolute atomic E-state index is 0. The van der Waals surface area contributed by atoms with Crippen LogP contribution in [0, 0.1) is 0 Å². The quantitative estimate of drug-likeness (QED) is 0.205. The summed E-state index contributed by atoms with van der Waals surface area (Å²) >= 11 is 0. The third kappa shape index (κ3) is 12.9. The van der Waals surface area contributed by atoms with Gasteiger partial charge in [0.05, 0.1) is 12.8 Å². The standard InChI is InChI=1S/C18H32N4O3S.HI/c1-6-19-17(20-12-9-13-22-26(5,23)24)21-14-15-10-7-8-11-16(15)25-18(2,3)4;/h7-8,10-11,22H,6,9,12-14H2,1-5H3,(H2,19,20,21);1H. The van der Waals surface area contributed by atoms with Crippen LogP contribution >= 0.6 is 24.0 Å². The molecule has 0 aromatic heterocycles. The monoisotopic (exact) mass is 512 g/mol. The Morgan fingerprint density at radius 1 is 1.15 bits per heavy atom. The summed E-state index contributed by atoms with van der Waals surface area (Å²) in [5, 5.41) is 6.40. The molecule has 1 aromatic rings. The summed E-state index contributed by atoms with van der Waals surface area (Å²) in [5.41, 5.74) is 0.744. The van der Waals surface area contributed by atoms with Crippen LogP contribution in [0.3, 0.4) is 0 Å². The first-order valence-electron chi connectivity index (χ1n) is 8.84. The number of halogens is 1. The number of nitrogens with zero attached hydrogens (tertiary/aromatic N) is 1. The summed E-state index contributed by atoms with van der Waals surface area (Å²) in [6.45, 7) is 10.3. The summed E-state index contributed by atoms with van der Waals surface area (Å²) in [6.07, 6.45) is 1.82. The Balaban J connectivity index is 0.00000676. The Bertz CT molecular complexity index is 688. The maximum absolute atomic E-state index is 11.0. The van der Waals surface area contributed by atoms with Crippen LogP contribution < -0.4 is 20.1 Å². The van der Waals surface area contributed by atoms with Crippen LogP contribution in [0.25, 0.3) is 0 Å². The molecule has 0 radical (unpaired) electrons. The van der Waals surface area contributed by atoms with Gasteiger partial charge < -0.3 is 15.4 Å². The highest BCUT2D eigenvalue weighted by Crippen LogP contribution is 2.23. The molecule has 0 saturated carbocycles. The van der Waals surface area contributed by atoms with Crippen molar-refractivity contribution < 1.29 is 13.2 Å². The molecule has 3 N–H and O–H groups in total. The van der Waals surface area contributed by atoms with Crippen LogP contribution in [0.5, 0.6) is 5.75 Å². The molecular weight excluding hydrogens is 479 g/mol. The number of sulfonamides is 1. The largest absolute Gasteiger partial charge is 0.488 e. The second-order valence-corrected chi connectivity index (χ2v) is 8.80.